The van der Waals surface area contributed by atoms with Gasteiger partial charge in [-0.05, 0) is 25.5 Å². The highest BCUT2D eigenvalue weighted by molar-refractivity contribution is 5.27. The molecule has 1 heteroatoms. The molecule has 0 atom stereocenters. The molecule has 0 radical (unpaired) electrons. The largest absolute Gasteiger partial charge is 0.399 e. The van der Waals surface area contributed by atoms with E-state index in [0.29, 0.717) is 0 Å². The van der Waals surface area contributed by atoms with Crippen LogP contribution in [0.15, 0.2) is 36.1 Å². The Morgan fingerprint density at radius 3 is 2.44 bits per heavy atom. The lowest BCUT2D eigenvalue weighted by Gasteiger charge is -1.96. The summed E-state index contributed by atoms with van der Waals surface area (Å²) in [7, 11) is 0. The zero-order valence-electron chi connectivity index (χ0n) is 6.02. The number of allylic oxidation sites excluding steroid dienone is 4. The first kappa shape index (κ1) is 8.02. The summed E-state index contributed by atoms with van der Waals surface area (Å²) in [5.41, 5.74) is 7.44. The maximum absolute atomic E-state index is 5.56. The molecule has 0 aliphatic carbocycles. The Morgan fingerprint density at radius 2 is 2.11 bits per heavy atom. The molecule has 9 heavy (non-hydrogen) atoms. The van der Waals surface area contributed by atoms with E-state index >= 15 is 0 Å². The van der Waals surface area contributed by atoms with Crippen LogP contribution < -0.4 is 5.73 Å². The summed E-state index contributed by atoms with van der Waals surface area (Å²) in [6, 6.07) is 0. The Balaban J connectivity index is 4.19. The van der Waals surface area contributed by atoms with E-state index in [4.69, 9.17) is 5.73 Å². The Labute approximate surface area is 56.6 Å². The number of nitrogens with two attached hydrogens (primary N) is 1. The average molecular weight is 123 g/mol. The van der Waals surface area contributed by atoms with Gasteiger partial charge in [0, 0.05) is 5.70 Å². The van der Waals surface area contributed by atoms with Crippen molar-refractivity contribution in [3.8, 4) is 0 Å². The van der Waals surface area contributed by atoms with Gasteiger partial charge in [-0.25, -0.2) is 0 Å². The predicted octanol–water partition coefficient (Wildman–Crippen LogP) is 1.98. The highest BCUT2D eigenvalue weighted by Crippen LogP contribution is 2.00. The monoisotopic (exact) mass is 123 g/mol. The second-order valence-electron chi connectivity index (χ2n) is 1.83. The summed E-state index contributed by atoms with van der Waals surface area (Å²) < 4.78 is 0. The van der Waals surface area contributed by atoms with Gasteiger partial charge < -0.3 is 5.73 Å². The van der Waals surface area contributed by atoms with Gasteiger partial charge in [-0.3, -0.25) is 0 Å². The number of rotatable bonds is 2. The van der Waals surface area contributed by atoms with Crippen LogP contribution in [0.25, 0.3) is 0 Å². The van der Waals surface area contributed by atoms with Crippen molar-refractivity contribution in [3.63, 3.8) is 0 Å². The fraction of sp³-hybridized carbons (Fsp3) is 0.250. The van der Waals surface area contributed by atoms with E-state index in [2.05, 4.69) is 6.58 Å². The van der Waals surface area contributed by atoms with Gasteiger partial charge in [-0.15, -0.1) is 0 Å². The van der Waals surface area contributed by atoms with Crippen LogP contribution in [0.5, 0.6) is 0 Å². The molecule has 0 spiro atoms. The minimum absolute atomic E-state index is 0.785. The molecule has 0 aromatic heterocycles. The third-order valence-corrected chi connectivity index (χ3v) is 1.19. The topological polar surface area (TPSA) is 26.0 Å². The molecule has 0 aromatic rings. The van der Waals surface area contributed by atoms with Crippen LogP contribution in [-0.4, -0.2) is 0 Å². The molecule has 0 amide bonds. The highest BCUT2D eigenvalue weighted by atomic mass is 14.6. The lowest BCUT2D eigenvalue weighted by atomic mass is 10.2. The summed E-state index contributed by atoms with van der Waals surface area (Å²) in [6.07, 6.45) is 5.44. The van der Waals surface area contributed by atoms with E-state index in [-0.39, 0.29) is 0 Å². The predicted molar refractivity (Wildman–Crippen MR) is 41.9 cm³/mol. The number of hydrogen-bond acceptors (Lipinski definition) is 1. The molecule has 0 aliphatic rings. The molecule has 0 heterocycles. The van der Waals surface area contributed by atoms with E-state index in [1.165, 1.54) is 0 Å². The zero-order valence-corrected chi connectivity index (χ0v) is 6.02. The lowest BCUT2D eigenvalue weighted by Crippen LogP contribution is -1.96. The first-order valence-electron chi connectivity index (χ1n) is 2.93. The van der Waals surface area contributed by atoms with Crippen LogP contribution in [0.3, 0.4) is 0 Å². The maximum atomic E-state index is 5.56. The third kappa shape index (κ3) is 2.75. The van der Waals surface area contributed by atoms with Crippen LogP contribution in [0.4, 0.5) is 0 Å². The third-order valence-electron chi connectivity index (χ3n) is 1.19. The fourth-order valence-electron chi connectivity index (χ4n) is 0.425. The van der Waals surface area contributed by atoms with Gasteiger partial charge in [0.15, 0.2) is 0 Å². The summed E-state index contributed by atoms with van der Waals surface area (Å²) in [4.78, 5) is 0. The molecule has 0 aromatic carbocycles. The molecule has 0 rings (SSSR count). The van der Waals surface area contributed by atoms with Gasteiger partial charge in [-0.1, -0.05) is 18.7 Å². The quantitative estimate of drug-likeness (QED) is 0.558. The molecular weight excluding hydrogens is 110 g/mol. The lowest BCUT2D eigenvalue weighted by molar-refractivity contribution is 1.28. The minimum atomic E-state index is 0.785. The van der Waals surface area contributed by atoms with Gasteiger partial charge in [0.2, 0.25) is 0 Å². The molecule has 0 fully saturated rings. The Bertz CT molecular complexity index is 152. The molecule has 0 unspecified atom stereocenters. The van der Waals surface area contributed by atoms with E-state index in [9.17, 15) is 0 Å². The maximum Gasteiger partial charge on any atom is 0.0340 e. The van der Waals surface area contributed by atoms with Crippen LogP contribution in [-0.2, 0) is 0 Å². The molecule has 1 nitrogen and oxygen atoms in total. The standard InChI is InChI=1S/C8H13N/c1-4-6-8(9)7(3)5-2/h4-6H,1,9H2,2-3H3/b7-5-,8-6+. The van der Waals surface area contributed by atoms with Crippen LogP contribution in [0.2, 0.25) is 0 Å². The van der Waals surface area contributed by atoms with Gasteiger partial charge >= 0.3 is 0 Å². The Kier molecular flexibility index (Phi) is 3.52. The van der Waals surface area contributed by atoms with Crippen LogP contribution >= 0.6 is 0 Å². The molecule has 0 bridgehead atoms. The fourth-order valence-corrected chi connectivity index (χ4v) is 0.425. The molecule has 50 valence electrons. The summed E-state index contributed by atoms with van der Waals surface area (Å²) in [6.45, 7) is 7.46. The summed E-state index contributed by atoms with van der Waals surface area (Å²) >= 11 is 0. The van der Waals surface area contributed by atoms with Crippen molar-refractivity contribution in [1.29, 1.82) is 0 Å². The summed E-state index contributed by atoms with van der Waals surface area (Å²) in [5.74, 6) is 0. The molecule has 2 N–H and O–H groups in total. The van der Waals surface area contributed by atoms with Gasteiger partial charge in [0.25, 0.3) is 0 Å². The van der Waals surface area contributed by atoms with Crippen molar-refractivity contribution < 1.29 is 0 Å². The molecular formula is C8H13N. The average Bonchev–Trinajstić information content (AvgIpc) is 1.87. The summed E-state index contributed by atoms with van der Waals surface area (Å²) in [5, 5.41) is 0. The first-order valence-corrected chi connectivity index (χ1v) is 2.93. The van der Waals surface area contributed by atoms with Gasteiger partial charge in [0.05, 0.1) is 0 Å². The smallest absolute Gasteiger partial charge is 0.0340 e. The SMILES string of the molecule is C=C/C=C(N)\C(C)=C/C. The number of hydrogen-bond donors (Lipinski definition) is 1. The van der Waals surface area contributed by atoms with Crippen molar-refractivity contribution in [2.24, 2.45) is 5.73 Å². The van der Waals surface area contributed by atoms with Crippen LogP contribution in [0, 0.1) is 0 Å². The van der Waals surface area contributed by atoms with Gasteiger partial charge in [0.1, 0.15) is 0 Å². The second-order valence-corrected chi connectivity index (χ2v) is 1.83. The second kappa shape index (κ2) is 3.96. The Morgan fingerprint density at radius 1 is 1.56 bits per heavy atom. The molecule has 0 saturated carbocycles. The van der Waals surface area contributed by atoms with Crippen molar-refractivity contribution in [2.75, 3.05) is 0 Å². The van der Waals surface area contributed by atoms with E-state index < -0.39 is 0 Å². The minimum Gasteiger partial charge on any atom is -0.399 e. The Hall–Kier alpha value is -0.980. The van der Waals surface area contributed by atoms with Crippen LogP contribution in [0.1, 0.15) is 13.8 Å². The van der Waals surface area contributed by atoms with E-state index in [0.717, 1.165) is 11.3 Å². The van der Waals surface area contributed by atoms with E-state index in [1.807, 2.05) is 19.9 Å². The van der Waals surface area contributed by atoms with Crippen molar-refractivity contribution in [3.05, 3.63) is 36.1 Å². The van der Waals surface area contributed by atoms with Crippen molar-refractivity contribution in [1.82, 2.24) is 0 Å². The zero-order chi connectivity index (χ0) is 7.28. The van der Waals surface area contributed by atoms with E-state index in [1.54, 1.807) is 12.2 Å². The van der Waals surface area contributed by atoms with Crippen molar-refractivity contribution in [2.45, 2.75) is 13.8 Å². The molecule has 0 saturated heterocycles. The first-order chi connectivity index (χ1) is 4.22. The normalized spacial score (nSPS) is 13.6. The van der Waals surface area contributed by atoms with Gasteiger partial charge in [-0.2, -0.15) is 0 Å². The van der Waals surface area contributed by atoms with Crippen molar-refractivity contribution >= 4 is 0 Å². The highest BCUT2D eigenvalue weighted by Gasteiger charge is 1.86. The molecule has 0 aliphatic heterocycles.